The van der Waals surface area contributed by atoms with Crippen LogP contribution in [0, 0.1) is 17.8 Å². The second-order valence-electron chi connectivity index (χ2n) is 9.99. The lowest BCUT2D eigenvalue weighted by molar-refractivity contribution is -0.139. The predicted octanol–water partition coefficient (Wildman–Crippen LogP) is 2.14. The minimum Gasteiger partial charge on any atom is -0.367 e. The average molecular weight is 454 g/mol. The van der Waals surface area contributed by atoms with Crippen LogP contribution in [0.4, 0.5) is 5.69 Å². The van der Waals surface area contributed by atoms with Crippen molar-refractivity contribution in [3.63, 3.8) is 0 Å². The molecule has 0 unspecified atom stereocenters. The average Bonchev–Trinajstić information content (AvgIpc) is 3.23. The van der Waals surface area contributed by atoms with Gasteiger partial charge in [0.15, 0.2) is 5.78 Å². The fraction of sp³-hybridized carbons (Fsp3) is 0.600. The van der Waals surface area contributed by atoms with Crippen LogP contribution in [0.3, 0.4) is 0 Å². The molecule has 8 heteroatoms. The first-order valence-corrected chi connectivity index (χ1v) is 12.1. The number of benzene rings is 1. The van der Waals surface area contributed by atoms with Crippen molar-refractivity contribution in [3.05, 3.63) is 29.8 Å². The van der Waals surface area contributed by atoms with Gasteiger partial charge in [0.2, 0.25) is 11.8 Å². The van der Waals surface area contributed by atoms with Gasteiger partial charge in [-0.3, -0.25) is 19.2 Å². The lowest BCUT2D eigenvalue weighted by Crippen LogP contribution is -2.54. The number of ketones is 1. The quantitative estimate of drug-likeness (QED) is 0.687. The van der Waals surface area contributed by atoms with Crippen LogP contribution in [-0.4, -0.2) is 59.7 Å². The highest BCUT2D eigenvalue weighted by atomic mass is 16.5. The van der Waals surface area contributed by atoms with Crippen LogP contribution in [0.25, 0.3) is 0 Å². The Morgan fingerprint density at radius 1 is 1.06 bits per heavy atom. The Morgan fingerprint density at radius 3 is 2.42 bits per heavy atom. The van der Waals surface area contributed by atoms with Crippen molar-refractivity contribution in [1.29, 1.82) is 0 Å². The van der Waals surface area contributed by atoms with E-state index in [0.717, 1.165) is 38.5 Å². The number of ether oxygens (including phenoxy) is 1. The normalized spacial score (nSPS) is 28.0. The third-order valence-electron chi connectivity index (χ3n) is 7.51. The summed E-state index contributed by atoms with van der Waals surface area (Å²) in [6, 6.07) is 5.55. The number of nitrogens with one attached hydrogen (secondary N) is 2. The summed E-state index contributed by atoms with van der Waals surface area (Å²) in [5.74, 6) is -0.286. The van der Waals surface area contributed by atoms with Gasteiger partial charge in [0.05, 0.1) is 6.10 Å². The molecule has 4 aliphatic rings. The number of carbonyl (C=O) groups excluding carboxylic acids is 4. The molecule has 2 heterocycles. The van der Waals surface area contributed by atoms with E-state index in [2.05, 4.69) is 10.6 Å². The molecule has 0 radical (unpaired) electrons. The Kier molecular flexibility index (Phi) is 5.95. The first-order chi connectivity index (χ1) is 15.9. The van der Waals surface area contributed by atoms with Gasteiger partial charge < -0.3 is 20.3 Å². The van der Waals surface area contributed by atoms with Crippen LogP contribution >= 0.6 is 0 Å². The van der Waals surface area contributed by atoms with Gasteiger partial charge in [-0.25, -0.2) is 0 Å². The number of Topliss-reactive ketones (excluding diaryl/α,β-unsaturated/α-hetero) is 1. The summed E-state index contributed by atoms with van der Waals surface area (Å²) in [6.45, 7) is 2.51. The zero-order valence-electron chi connectivity index (χ0n) is 18.9. The van der Waals surface area contributed by atoms with E-state index >= 15 is 0 Å². The molecule has 2 aliphatic carbocycles. The van der Waals surface area contributed by atoms with Gasteiger partial charge in [0.25, 0.3) is 5.91 Å². The maximum absolute atomic E-state index is 13.6. The fourth-order valence-electron chi connectivity index (χ4n) is 5.49. The van der Waals surface area contributed by atoms with Crippen molar-refractivity contribution < 1.29 is 23.9 Å². The number of hydrogen-bond acceptors (Lipinski definition) is 5. The molecule has 4 fully saturated rings. The zero-order chi connectivity index (χ0) is 23.1. The molecule has 2 saturated heterocycles. The maximum Gasteiger partial charge on any atom is 0.251 e. The molecule has 3 amide bonds. The monoisotopic (exact) mass is 453 g/mol. The van der Waals surface area contributed by atoms with Crippen molar-refractivity contribution >= 4 is 29.2 Å². The van der Waals surface area contributed by atoms with Crippen LogP contribution in [0.1, 0.15) is 55.8 Å². The van der Waals surface area contributed by atoms with E-state index < -0.39 is 12.1 Å². The smallest absolute Gasteiger partial charge is 0.251 e. The van der Waals surface area contributed by atoms with E-state index in [4.69, 9.17) is 4.74 Å². The summed E-state index contributed by atoms with van der Waals surface area (Å²) < 4.78 is 5.63. The highest BCUT2D eigenvalue weighted by Crippen LogP contribution is 2.35. The summed E-state index contributed by atoms with van der Waals surface area (Å²) in [5.41, 5.74) is 1.09. The Morgan fingerprint density at radius 2 is 1.76 bits per heavy atom. The van der Waals surface area contributed by atoms with Crippen LogP contribution in [-0.2, 0) is 19.1 Å². The van der Waals surface area contributed by atoms with Gasteiger partial charge in [0, 0.05) is 29.6 Å². The number of amides is 3. The minimum absolute atomic E-state index is 0.0164. The fourth-order valence-corrected chi connectivity index (χ4v) is 5.49. The van der Waals surface area contributed by atoms with Gasteiger partial charge in [-0.2, -0.15) is 0 Å². The molecule has 0 bridgehead atoms. The summed E-state index contributed by atoms with van der Waals surface area (Å²) in [5, 5.41) is 5.85. The van der Waals surface area contributed by atoms with Crippen LogP contribution in [0.15, 0.2) is 24.3 Å². The Labute approximate surface area is 193 Å². The molecule has 0 spiro atoms. The molecule has 33 heavy (non-hydrogen) atoms. The van der Waals surface area contributed by atoms with Crippen LogP contribution in [0.5, 0.6) is 0 Å². The lowest BCUT2D eigenvalue weighted by Gasteiger charge is -2.30. The van der Waals surface area contributed by atoms with E-state index in [0.29, 0.717) is 17.8 Å². The SMILES string of the molecule is C[C@H]1CN(C(=O)[C@@H](NC(=O)c2ccc(NC(=O)C3CC3)cc2)C2CCCC2)[C@@H]2C(=O)CO[C@@H]21. The number of hydrogen-bond donors (Lipinski definition) is 2. The zero-order valence-corrected chi connectivity index (χ0v) is 18.9. The molecule has 1 aromatic carbocycles. The van der Waals surface area contributed by atoms with Gasteiger partial charge >= 0.3 is 0 Å². The minimum atomic E-state index is -0.659. The van der Waals surface area contributed by atoms with E-state index in [1.807, 2.05) is 6.92 Å². The van der Waals surface area contributed by atoms with Crippen molar-refractivity contribution in [2.45, 2.75) is 63.6 Å². The molecular weight excluding hydrogens is 422 g/mol. The molecular formula is C25H31N3O5. The van der Waals surface area contributed by atoms with E-state index in [1.165, 1.54) is 0 Å². The number of nitrogens with zero attached hydrogens (tertiary/aromatic N) is 1. The van der Waals surface area contributed by atoms with Crippen molar-refractivity contribution in [2.24, 2.45) is 17.8 Å². The number of fused-ring (bicyclic) bond motifs is 1. The highest BCUT2D eigenvalue weighted by molar-refractivity contribution is 6.00. The third-order valence-corrected chi connectivity index (χ3v) is 7.51. The number of anilines is 1. The van der Waals surface area contributed by atoms with Crippen LogP contribution < -0.4 is 10.6 Å². The second kappa shape index (κ2) is 8.89. The molecule has 1 aromatic rings. The van der Waals surface area contributed by atoms with Gasteiger partial charge in [-0.15, -0.1) is 0 Å². The largest absolute Gasteiger partial charge is 0.367 e. The molecule has 2 aliphatic heterocycles. The molecule has 2 saturated carbocycles. The number of carbonyl (C=O) groups is 4. The topological polar surface area (TPSA) is 105 Å². The molecule has 2 N–H and O–H groups in total. The summed E-state index contributed by atoms with van der Waals surface area (Å²) >= 11 is 0. The summed E-state index contributed by atoms with van der Waals surface area (Å²) in [6.07, 6.45) is 5.43. The first-order valence-electron chi connectivity index (χ1n) is 12.1. The molecule has 8 nitrogen and oxygen atoms in total. The Balaban J connectivity index is 1.29. The Hall–Kier alpha value is -2.74. The summed E-state index contributed by atoms with van der Waals surface area (Å²) in [7, 11) is 0. The maximum atomic E-state index is 13.6. The van der Waals surface area contributed by atoms with Gasteiger partial charge in [-0.1, -0.05) is 19.8 Å². The highest BCUT2D eigenvalue weighted by Gasteiger charge is 2.52. The standard InChI is InChI=1S/C25H31N3O5/c1-14-12-28(21-19(29)13-33-22(14)21)25(32)20(15-4-2-3-5-15)27-24(31)17-8-10-18(11-9-17)26-23(30)16-6-7-16/h8-11,14-16,20-22H,2-7,12-13H2,1H3,(H,26,30)(H,27,31)/t14-,20-,21+,22+/m0/s1. The van der Waals surface area contributed by atoms with Crippen LogP contribution in [0.2, 0.25) is 0 Å². The van der Waals surface area contributed by atoms with Crippen molar-refractivity contribution in [1.82, 2.24) is 10.2 Å². The first kappa shape index (κ1) is 22.1. The molecule has 0 aromatic heterocycles. The van der Waals surface area contributed by atoms with Gasteiger partial charge in [0.1, 0.15) is 18.7 Å². The predicted molar refractivity (Wildman–Crippen MR) is 120 cm³/mol. The van der Waals surface area contributed by atoms with Crippen molar-refractivity contribution in [3.8, 4) is 0 Å². The Bertz CT molecular complexity index is 951. The van der Waals surface area contributed by atoms with Crippen molar-refractivity contribution in [2.75, 3.05) is 18.5 Å². The van der Waals surface area contributed by atoms with E-state index in [-0.39, 0.29) is 54.0 Å². The lowest BCUT2D eigenvalue weighted by atomic mass is 9.95. The third kappa shape index (κ3) is 4.40. The van der Waals surface area contributed by atoms with Gasteiger partial charge in [-0.05, 0) is 55.9 Å². The summed E-state index contributed by atoms with van der Waals surface area (Å²) in [4.78, 5) is 52.7. The van der Waals surface area contributed by atoms with E-state index in [1.54, 1.807) is 29.2 Å². The molecule has 176 valence electrons. The van der Waals surface area contributed by atoms with E-state index in [9.17, 15) is 19.2 Å². The second-order valence-corrected chi connectivity index (χ2v) is 9.99. The molecule has 5 rings (SSSR count). The number of rotatable bonds is 6. The molecule has 4 atom stereocenters. The number of likely N-dealkylation sites (tertiary alicyclic amines) is 1.